The van der Waals surface area contributed by atoms with E-state index in [0.29, 0.717) is 19.0 Å². The van der Waals surface area contributed by atoms with Crippen LogP contribution in [0.25, 0.3) is 0 Å². The molecule has 0 radical (unpaired) electrons. The van der Waals surface area contributed by atoms with E-state index in [9.17, 15) is 4.79 Å². The lowest BCUT2D eigenvalue weighted by molar-refractivity contribution is -0.121. The lowest BCUT2D eigenvalue weighted by Gasteiger charge is -2.24. The highest BCUT2D eigenvalue weighted by molar-refractivity contribution is 5.76. The molecule has 19 heavy (non-hydrogen) atoms. The predicted octanol–water partition coefficient (Wildman–Crippen LogP) is 1.12. The smallest absolute Gasteiger partial charge is 0.221 e. The van der Waals surface area contributed by atoms with Gasteiger partial charge in [0.1, 0.15) is 0 Å². The predicted molar refractivity (Wildman–Crippen MR) is 76.6 cm³/mol. The van der Waals surface area contributed by atoms with Crippen molar-refractivity contribution >= 4 is 5.91 Å². The van der Waals surface area contributed by atoms with Crippen LogP contribution in [0, 0.1) is 0 Å². The topological polar surface area (TPSA) is 58.4 Å². The molecular formula is C15H23N3O. The molecule has 1 aromatic rings. The molecule has 1 saturated heterocycles. The van der Waals surface area contributed by atoms with Crippen molar-refractivity contribution in [2.24, 2.45) is 5.73 Å². The summed E-state index contributed by atoms with van der Waals surface area (Å²) in [6, 6.07) is 11.0. The van der Waals surface area contributed by atoms with E-state index in [1.54, 1.807) is 0 Å². The Hall–Kier alpha value is -1.39. The van der Waals surface area contributed by atoms with Gasteiger partial charge in [-0.15, -0.1) is 0 Å². The molecule has 1 aliphatic heterocycles. The highest BCUT2D eigenvalue weighted by atomic mass is 16.1. The average Bonchev–Trinajstić information content (AvgIpc) is 2.85. The van der Waals surface area contributed by atoms with E-state index in [1.165, 1.54) is 12.0 Å². The molecule has 1 fully saturated rings. The van der Waals surface area contributed by atoms with Crippen molar-refractivity contribution in [3.05, 3.63) is 35.9 Å². The van der Waals surface area contributed by atoms with Crippen molar-refractivity contribution in [2.45, 2.75) is 31.8 Å². The summed E-state index contributed by atoms with van der Waals surface area (Å²) in [5.41, 5.74) is 6.71. The summed E-state index contributed by atoms with van der Waals surface area (Å²) >= 11 is 0. The molecule has 1 atom stereocenters. The molecule has 0 bridgehead atoms. The van der Waals surface area contributed by atoms with Crippen LogP contribution in [0.15, 0.2) is 30.3 Å². The number of hydrogen-bond acceptors (Lipinski definition) is 3. The average molecular weight is 261 g/mol. The largest absolute Gasteiger partial charge is 0.354 e. The standard InChI is InChI=1S/C15H23N3O/c16-9-8-15(19)17-11-14-7-4-10-18(14)12-13-5-2-1-3-6-13/h1-3,5-6,14H,4,7-12,16H2,(H,17,19). The van der Waals surface area contributed by atoms with Crippen LogP contribution in [0.5, 0.6) is 0 Å². The molecule has 0 spiro atoms. The van der Waals surface area contributed by atoms with Gasteiger partial charge in [0.05, 0.1) is 0 Å². The summed E-state index contributed by atoms with van der Waals surface area (Å²) in [7, 11) is 0. The fraction of sp³-hybridized carbons (Fsp3) is 0.533. The van der Waals surface area contributed by atoms with Gasteiger partial charge in [-0.2, -0.15) is 0 Å². The van der Waals surface area contributed by atoms with Gasteiger partial charge < -0.3 is 11.1 Å². The second-order valence-electron chi connectivity index (χ2n) is 5.09. The van der Waals surface area contributed by atoms with E-state index in [4.69, 9.17) is 5.73 Å². The first kappa shape index (κ1) is 14.0. The Labute approximate surface area is 115 Å². The van der Waals surface area contributed by atoms with Crippen molar-refractivity contribution in [1.29, 1.82) is 0 Å². The number of amides is 1. The maximum Gasteiger partial charge on any atom is 0.221 e. The minimum atomic E-state index is 0.0639. The number of carbonyl (C=O) groups is 1. The number of carbonyl (C=O) groups excluding carboxylic acids is 1. The number of rotatable bonds is 6. The van der Waals surface area contributed by atoms with Crippen molar-refractivity contribution in [2.75, 3.05) is 19.6 Å². The van der Waals surface area contributed by atoms with Gasteiger partial charge in [0, 0.05) is 32.1 Å². The summed E-state index contributed by atoms with van der Waals surface area (Å²) in [5.74, 6) is 0.0639. The molecule has 3 N–H and O–H groups in total. The van der Waals surface area contributed by atoms with Crippen LogP contribution in [0.2, 0.25) is 0 Å². The summed E-state index contributed by atoms with van der Waals surface area (Å²) < 4.78 is 0. The van der Waals surface area contributed by atoms with Crippen LogP contribution >= 0.6 is 0 Å². The van der Waals surface area contributed by atoms with Gasteiger partial charge in [-0.3, -0.25) is 9.69 Å². The molecule has 1 aliphatic rings. The second kappa shape index (κ2) is 7.26. The molecule has 1 amide bonds. The van der Waals surface area contributed by atoms with Crippen LogP contribution in [-0.4, -0.2) is 36.5 Å². The third kappa shape index (κ3) is 4.33. The lowest BCUT2D eigenvalue weighted by Crippen LogP contribution is -2.40. The minimum absolute atomic E-state index is 0.0639. The van der Waals surface area contributed by atoms with E-state index in [1.807, 2.05) is 6.07 Å². The Morgan fingerprint density at radius 1 is 1.37 bits per heavy atom. The van der Waals surface area contributed by atoms with E-state index < -0.39 is 0 Å². The van der Waals surface area contributed by atoms with E-state index in [2.05, 4.69) is 34.5 Å². The zero-order chi connectivity index (χ0) is 13.5. The number of hydrogen-bond donors (Lipinski definition) is 2. The van der Waals surface area contributed by atoms with Gasteiger partial charge in [-0.1, -0.05) is 30.3 Å². The lowest BCUT2D eigenvalue weighted by atomic mass is 10.2. The van der Waals surface area contributed by atoms with Crippen LogP contribution in [-0.2, 0) is 11.3 Å². The fourth-order valence-corrected chi connectivity index (χ4v) is 2.60. The molecule has 4 nitrogen and oxygen atoms in total. The Morgan fingerprint density at radius 2 is 2.16 bits per heavy atom. The minimum Gasteiger partial charge on any atom is -0.354 e. The Balaban J connectivity index is 1.82. The maximum atomic E-state index is 11.5. The first-order valence-corrected chi connectivity index (χ1v) is 7.04. The molecular weight excluding hydrogens is 238 g/mol. The van der Waals surface area contributed by atoms with Crippen LogP contribution in [0.4, 0.5) is 0 Å². The number of nitrogens with one attached hydrogen (secondary N) is 1. The number of nitrogens with zero attached hydrogens (tertiary/aromatic N) is 1. The highest BCUT2D eigenvalue weighted by Crippen LogP contribution is 2.19. The molecule has 104 valence electrons. The normalized spacial score (nSPS) is 19.5. The summed E-state index contributed by atoms with van der Waals surface area (Å²) in [5, 5.41) is 2.98. The van der Waals surface area contributed by atoms with Crippen LogP contribution in [0.3, 0.4) is 0 Å². The zero-order valence-electron chi connectivity index (χ0n) is 11.3. The SMILES string of the molecule is NCCC(=O)NCC1CCCN1Cc1ccccc1. The zero-order valence-corrected chi connectivity index (χ0v) is 11.3. The molecule has 0 aromatic heterocycles. The third-order valence-electron chi connectivity index (χ3n) is 3.63. The summed E-state index contributed by atoms with van der Waals surface area (Å²) in [6.07, 6.45) is 2.80. The van der Waals surface area contributed by atoms with Crippen LogP contribution < -0.4 is 11.1 Å². The number of benzene rings is 1. The summed E-state index contributed by atoms with van der Waals surface area (Å²) in [6.45, 7) is 3.25. The first-order valence-electron chi connectivity index (χ1n) is 7.04. The molecule has 1 unspecified atom stereocenters. The van der Waals surface area contributed by atoms with Gasteiger partial charge in [0.15, 0.2) is 0 Å². The highest BCUT2D eigenvalue weighted by Gasteiger charge is 2.24. The Morgan fingerprint density at radius 3 is 2.89 bits per heavy atom. The molecule has 0 aliphatic carbocycles. The molecule has 4 heteroatoms. The van der Waals surface area contributed by atoms with Crippen molar-refractivity contribution in [1.82, 2.24) is 10.2 Å². The Kier molecular flexibility index (Phi) is 5.36. The molecule has 1 aromatic carbocycles. The van der Waals surface area contributed by atoms with E-state index in [0.717, 1.165) is 26.1 Å². The van der Waals surface area contributed by atoms with Crippen molar-refractivity contribution in [3.8, 4) is 0 Å². The monoisotopic (exact) mass is 261 g/mol. The van der Waals surface area contributed by atoms with Gasteiger partial charge >= 0.3 is 0 Å². The van der Waals surface area contributed by atoms with Gasteiger partial charge in [-0.25, -0.2) is 0 Å². The van der Waals surface area contributed by atoms with Gasteiger partial charge in [0.2, 0.25) is 5.91 Å². The van der Waals surface area contributed by atoms with E-state index in [-0.39, 0.29) is 5.91 Å². The van der Waals surface area contributed by atoms with Crippen LogP contribution in [0.1, 0.15) is 24.8 Å². The van der Waals surface area contributed by atoms with Gasteiger partial charge in [-0.05, 0) is 24.9 Å². The third-order valence-corrected chi connectivity index (χ3v) is 3.63. The quantitative estimate of drug-likeness (QED) is 0.806. The molecule has 1 heterocycles. The van der Waals surface area contributed by atoms with Gasteiger partial charge in [0.25, 0.3) is 0 Å². The van der Waals surface area contributed by atoms with Crippen molar-refractivity contribution < 1.29 is 4.79 Å². The summed E-state index contributed by atoms with van der Waals surface area (Å²) in [4.78, 5) is 13.9. The Bertz CT molecular complexity index is 394. The van der Waals surface area contributed by atoms with E-state index >= 15 is 0 Å². The number of likely N-dealkylation sites (tertiary alicyclic amines) is 1. The first-order chi connectivity index (χ1) is 9.29. The second-order valence-corrected chi connectivity index (χ2v) is 5.09. The number of nitrogens with two attached hydrogens (primary N) is 1. The van der Waals surface area contributed by atoms with Crippen molar-refractivity contribution in [3.63, 3.8) is 0 Å². The fourth-order valence-electron chi connectivity index (χ4n) is 2.60. The maximum absolute atomic E-state index is 11.5. The molecule has 2 rings (SSSR count). The molecule has 0 saturated carbocycles.